The minimum absolute atomic E-state index is 0.170. The number of nitrogens with zero attached hydrogens (tertiary/aromatic N) is 3. The molecule has 1 aliphatic heterocycles. The van der Waals surface area contributed by atoms with Crippen LogP contribution >= 0.6 is 0 Å². The fraction of sp³-hybridized carbons (Fsp3) is 0.706. The van der Waals surface area contributed by atoms with E-state index in [1.165, 1.54) is 12.8 Å². The van der Waals surface area contributed by atoms with Crippen LogP contribution in [0.4, 0.5) is 0 Å². The molecule has 6 nitrogen and oxygen atoms in total. The van der Waals surface area contributed by atoms with Crippen molar-refractivity contribution >= 4 is 11.9 Å². The van der Waals surface area contributed by atoms with Crippen LogP contribution < -0.4 is 0 Å². The summed E-state index contributed by atoms with van der Waals surface area (Å²) < 4.78 is 7.18. The normalized spacial score (nSPS) is 19.8. The van der Waals surface area contributed by atoms with Crippen LogP contribution in [0.1, 0.15) is 67.9 Å². The van der Waals surface area contributed by atoms with Crippen molar-refractivity contribution < 1.29 is 14.3 Å². The number of carbonyl (C=O) groups excluding carboxylic acids is 2. The summed E-state index contributed by atoms with van der Waals surface area (Å²) in [5.74, 6) is -0.229. The van der Waals surface area contributed by atoms with Gasteiger partial charge in [-0.25, -0.2) is 4.79 Å². The van der Waals surface area contributed by atoms with Gasteiger partial charge in [0.2, 0.25) is 5.91 Å². The lowest BCUT2D eigenvalue weighted by Gasteiger charge is -2.19. The maximum absolute atomic E-state index is 12.1. The van der Waals surface area contributed by atoms with Crippen LogP contribution in [-0.2, 0) is 9.53 Å². The van der Waals surface area contributed by atoms with E-state index in [1.54, 1.807) is 11.0 Å². The van der Waals surface area contributed by atoms with Gasteiger partial charge in [0.15, 0.2) is 5.69 Å². The molecule has 2 aliphatic rings. The topological polar surface area (TPSA) is 64.4 Å². The van der Waals surface area contributed by atoms with E-state index in [0.29, 0.717) is 24.7 Å². The fourth-order valence-electron chi connectivity index (χ4n) is 3.42. The van der Waals surface area contributed by atoms with Crippen molar-refractivity contribution in [2.24, 2.45) is 0 Å². The summed E-state index contributed by atoms with van der Waals surface area (Å²) in [6, 6.07) is 2.14. The average molecular weight is 319 g/mol. The molecule has 126 valence electrons. The van der Waals surface area contributed by atoms with Crippen molar-refractivity contribution in [2.45, 2.75) is 57.4 Å². The molecule has 2 heterocycles. The predicted octanol–water partition coefficient (Wildman–Crippen LogP) is 2.56. The first-order chi connectivity index (χ1) is 11.2. The molecule has 6 heteroatoms. The highest BCUT2D eigenvalue weighted by atomic mass is 16.5. The molecule has 1 aliphatic carbocycles. The molecule has 0 atom stereocenters. The fourth-order valence-corrected chi connectivity index (χ4v) is 3.42. The second-order valence-electron chi connectivity index (χ2n) is 6.45. The molecule has 1 saturated carbocycles. The first-order valence-corrected chi connectivity index (χ1v) is 8.74. The van der Waals surface area contributed by atoms with Gasteiger partial charge in [-0.15, -0.1) is 0 Å². The summed E-state index contributed by atoms with van der Waals surface area (Å²) in [6.45, 7) is 1.49. The Hall–Kier alpha value is -1.85. The number of esters is 1. The summed E-state index contributed by atoms with van der Waals surface area (Å²) in [5, 5.41) is 4.35. The van der Waals surface area contributed by atoms with Crippen LogP contribution in [0.2, 0.25) is 0 Å². The summed E-state index contributed by atoms with van der Waals surface area (Å²) in [5.41, 5.74) is 0.360. The van der Waals surface area contributed by atoms with Crippen molar-refractivity contribution in [2.75, 3.05) is 19.7 Å². The maximum atomic E-state index is 12.1. The van der Waals surface area contributed by atoms with Crippen molar-refractivity contribution in [3.05, 3.63) is 18.0 Å². The van der Waals surface area contributed by atoms with Crippen LogP contribution in [0.5, 0.6) is 0 Å². The van der Waals surface area contributed by atoms with E-state index in [1.807, 2.05) is 10.9 Å². The third-order valence-corrected chi connectivity index (χ3v) is 4.78. The smallest absolute Gasteiger partial charge is 0.358 e. The number of aromatic nitrogens is 2. The van der Waals surface area contributed by atoms with Crippen molar-refractivity contribution in [3.63, 3.8) is 0 Å². The van der Waals surface area contributed by atoms with Crippen LogP contribution in [0, 0.1) is 0 Å². The quantitative estimate of drug-likeness (QED) is 0.782. The van der Waals surface area contributed by atoms with Gasteiger partial charge in [-0.3, -0.25) is 9.48 Å². The summed E-state index contributed by atoms with van der Waals surface area (Å²) in [6.07, 6.45) is 10.3. The standard InChI is InChI=1S/C17H25N3O3/c21-16-8-2-1-5-10-19(16)12-13-23-17(22)15-9-11-20(18-15)14-6-3-4-7-14/h9,11,14H,1-8,10,12-13H2. The molecule has 3 rings (SSSR count). The first-order valence-electron chi connectivity index (χ1n) is 8.74. The van der Waals surface area contributed by atoms with Gasteiger partial charge in [0, 0.05) is 19.2 Å². The summed E-state index contributed by atoms with van der Waals surface area (Å²) >= 11 is 0. The van der Waals surface area contributed by atoms with Crippen molar-refractivity contribution in [1.82, 2.24) is 14.7 Å². The van der Waals surface area contributed by atoms with E-state index in [0.717, 1.165) is 38.6 Å². The zero-order chi connectivity index (χ0) is 16.1. The molecule has 1 aromatic rings. The molecule has 0 aromatic carbocycles. The molecule has 2 fully saturated rings. The number of amides is 1. The van der Waals surface area contributed by atoms with Crippen LogP contribution in [0.15, 0.2) is 12.3 Å². The largest absolute Gasteiger partial charge is 0.459 e. The molecule has 0 N–H and O–H groups in total. The molecule has 0 spiro atoms. The Bertz CT molecular complexity index is 549. The lowest BCUT2D eigenvalue weighted by molar-refractivity contribution is -0.131. The minimum atomic E-state index is -0.399. The molecule has 23 heavy (non-hydrogen) atoms. The van der Waals surface area contributed by atoms with E-state index >= 15 is 0 Å². The third kappa shape index (κ3) is 4.12. The van der Waals surface area contributed by atoms with Gasteiger partial charge in [-0.1, -0.05) is 19.3 Å². The Morgan fingerprint density at radius 1 is 1.22 bits per heavy atom. The highest BCUT2D eigenvalue weighted by molar-refractivity contribution is 5.87. The van der Waals surface area contributed by atoms with Crippen LogP contribution in [0.3, 0.4) is 0 Å². The Labute approximate surface area is 136 Å². The third-order valence-electron chi connectivity index (χ3n) is 4.78. The summed E-state index contributed by atoms with van der Waals surface area (Å²) in [4.78, 5) is 25.7. The first kappa shape index (κ1) is 16.0. The van der Waals surface area contributed by atoms with E-state index in [9.17, 15) is 9.59 Å². The molecule has 0 unspecified atom stereocenters. The number of rotatable bonds is 5. The minimum Gasteiger partial charge on any atom is -0.459 e. The molecule has 1 saturated heterocycles. The van der Waals surface area contributed by atoms with Crippen LogP contribution in [-0.4, -0.2) is 46.3 Å². The highest BCUT2D eigenvalue weighted by Gasteiger charge is 2.20. The maximum Gasteiger partial charge on any atom is 0.358 e. The second kappa shape index (κ2) is 7.62. The summed E-state index contributed by atoms with van der Waals surface area (Å²) in [7, 11) is 0. The van der Waals surface area contributed by atoms with E-state index in [4.69, 9.17) is 4.74 Å². The Morgan fingerprint density at radius 3 is 2.87 bits per heavy atom. The predicted molar refractivity (Wildman–Crippen MR) is 85.1 cm³/mol. The lowest BCUT2D eigenvalue weighted by atomic mass is 10.2. The molecule has 0 bridgehead atoms. The van der Waals surface area contributed by atoms with Crippen molar-refractivity contribution in [1.29, 1.82) is 0 Å². The van der Waals surface area contributed by atoms with Crippen molar-refractivity contribution in [3.8, 4) is 0 Å². The van der Waals surface area contributed by atoms with Gasteiger partial charge in [0.1, 0.15) is 6.61 Å². The van der Waals surface area contributed by atoms with Gasteiger partial charge in [-0.2, -0.15) is 5.10 Å². The average Bonchev–Trinajstić information content (AvgIpc) is 3.19. The van der Waals surface area contributed by atoms with E-state index in [-0.39, 0.29) is 12.5 Å². The lowest BCUT2D eigenvalue weighted by Crippen LogP contribution is -2.33. The van der Waals surface area contributed by atoms with Gasteiger partial charge in [-0.05, 0) is 31.7 Å². The Balaban J connectivity index is 1.46. The molecule has 1 aromatic heterocycles. The zero-order valence-electron chi connectivity index (χ0n) is 13.6. The highest BCUT2D eigenvalue weighted by Crippen LogP contribution is 2.28. The zero-order valence-corrected chi connectivity index (χ0v) is 13.6. The van der Waals surface area contributed by atoms with Gasteiger partial charge in [0.25, 0.3) is 0 Å². The van der Waals surface area contributed by atoms with Gasteiger partial charge in [0.05, 0.1) is 12.6 Å². The molecule has 0 radical (unpaired) electrons. The van der Waals surface area contributed by atoms with E-state index in [2.05, 4.69) is 5.10 Å². The molecular formula is C17H25N3O3. The number of ether oxygens (including phenoxy) is 1. The molecular weight excluding hydrogens is 294 g/mol. The molecule has 1 amide bonds. The number of hydrogen-bond acceptors (Lipinski definition) is 4. The number of carbonyl (C=O) groups is 2. The van der Waals surface area contributed by atoms with Gasteiger partial charge < -0.3 is 9.64 Å². The number of likely N-dealkylation sites (tertiary alicyclic amines) is 1. The second-order valence-corrected chi connectivity index (χ2v) is 6.45. The number of hydrogen-bond donors (Lipinski definition) is 0. The van der Waals surface area contributed by atoms with E-state index < -0.39 is 5.97 Å². The Morgan fingerprint density at radius 2 is 2.04 bits per heavy atom. The Kier molecular flexibility index (Phi) is 5.31. The monoisotopic (exact) mass is 319 g/mol. The van der Waals surface area contributed by atoms with Crippen LogP contribution in [0.25, 0.3) is 0 Å². The van der Waals surface area contributed by atoms with Gasteiger partial charge >= 0.3 is 5.97 Å². The SMILES string of the molecule is O=C(OCCN1CCCCCC1=O)c1ccn(C2CCCC2)n1.